The molecule has 6 nitrogen and oxygen atoms in total. The summed E-state index contributed by atoms with van der Waals surface area (Å²) in [6.07, 6.45) is 4.60. The van der Waals surface area contributed by atoms with Crippen molar-refractivity contribution in [3.8, 4) is 5.69 Å². The van der Waals surface area contributed by atoms with E-state index in [0.29, 0.717) is 6.04 Å². The molecule has 2 heterocycles. The molecule has 1 aliphatic heterocycles. The van der Waals surface area contributed by atoms with Crippen LogP contribution in [0.15, 0.2) is 65.8 Å². The van der Waals surface area contributed by atoms with Crippen molar-refractivity contribution in [1.29, 1.82) is 0 Å². The highest BCUT2D eigenvalue weighted by Crippen LogP contribution is 2.37. The molecular weight excluding hydrogens is 406 g/mol. The fraction of sp³-hybridized carbons (Fsp3) is 0.375. The van der Waals surface area contributed by atoms with Crippen LogP contribution in [0, 0.1) is 0 Å². The Balaban J connectivity index is 1.48. The fourth-order valence-corrected chi connectivity index (χ4v) is 5.05. The molecule has 1 amide bonds. The van der Waals surface area contributed by atoms with Gasteiger partial charge in [-0.15, -0.1) is 10.2 Å². The van der Waals surface area contributed by atoms with Gasteiger partial charge < -0.3 is 5.32 Å². The molecule has 2 aliphatic rings. The molecule has 1 aliphatic carbocycles. The number of carbonyl (C=O) groups excluding carboxylic acids is 1. The minimum atomic E-state index is -0.368. The lowest BCUT2D eigenvalue weighted by molar-refractivity contribution is -0.120. The highest BCUT2D eigenvalue weighted by atomic mass is 32.2. The van der Waals surface area contributed by atoms with Crippen molar-refractivity contribution in [1.82, 2.24) is 25.0 Å². The highest BCUT2D eigenvalue weighted by Gasteiger charge is 2.31. The fourth-order valence-electron chi connectivity index (χ4n) is 3.97. The van der Waals surface area contributed by atoms with Gasteiger partial charge in [-0.1, -0.05) is 60.3 Å². The zero-order valence-electron chi connectivity index (χ0n) is 17.5. The van der Waals surface area contributed by atoms with E-state index < -0.39 is 0 Å². The van der Waals surface area contributed by atoms with Crippen molar-refractivity contribution < 1.29 is 4.79 Å². The first-order chi connectivity index (χ1) is 15.3. The van der Waals surface area contributed by atoms with Gasteiger partial charge in [0.05, 0.1) is 6.54 Å². The number of amides is 1. The third kappa shape index (κ3) is 4.83. The number of hydrogen-bond acceptors (Lipinski definition) is 5. The molecular formula is C24H27N5OS. The van der Waals surface area contributed by atoms with E-state index in [1.807, 2.05) is 48.5 Å². The molecule has 0 bridgehead atoms. The molecule has 0 radical (unpaired) electrons. The summed E-state index contributed by atoms with van der Waals surface area (Å²) < 4.78 is 2.11. The smallest absolute Gasteiger partial charge is 0.238 e. The van der Waals surface area contributed by atoms with Gasteiger partial charge in [0, 0.05) is 11.7 Å². The van der Waals surface area contributed by atoms with Crippen LogP contribution in [0.4, 0.5) is 0 Å². The zero-order valence-corrected chi connectivity index (χ0v) is 18.3. The molecule has 31 heavy (non-hydrogen) atoms. The van der Waals surface area contributed by atoms with E-state index in [1.54, 1.807) is 0 Å². The van der Waals surface area contributed by atoms with E-state index in [2.05, 4.69) is 37.1 Å². The predicted octanol–water partition coefficient (Wildman–Crippen LogP) is 3.98. The highest BCUT2D eigenvalue weighted by molar-refractivity contribution is 8.00. The molecule has 7 heteroatoms. The maximum atomic E-state index is 13.1. The number of nitrogens with one attached hydrogen (secondary N) is 1. The van der Waals surface area contributed by atoms with Gasteiger partial charge in [-0.05, 0) is 56.5 Å². The summed E-state index contributed by atoms with van der Waals surface area (Å²) in [5.74, 6) is 0.965. The Morgan fingerprint density at radius 2 is 1.68 bits per heavy atom. The average Bonchev–Trinajstić information content (AvgIpc) is 3.31. The third-order valence-electron chi connectivity index (χ3n) is 5.77. The van der Waals surface area contributed by atoms with Crippen molar-refractivity contribution >= 4 is 17.7 Å². The molecule has 2 fully saturated rings. The lowest BCUT2D eigenvalue weighted by atomic mass is 10.1. The molecule has 1 aromatic heterocycles. The van der Waals surface area contributed by atoms with Gasteiger partial charge in [0.1, 0.15) is 5.25 Å². The van der Waals surface area contributed by atoms with E-state index in [9.17, 15) is 4.79 Å². The van der Waals surface area contributed by atoms with Crippen molar-refractivity contribution in [3.05, 3.63) is 72.1 Å². The molecule has 0 unspecified atom stereocenters. The first kappa shape index (κ1) is 20.3. The van der Waals surface area contributed by atoms with Crippen LogP contribution in [0.1, 0.15) is 42.3 Å². The van der Waals surface area contributed by atoms with Crippen LogP contribution in [0.5, 0.6) is 0 Å². The van der Waals surface area contributed by atoms with Gasteiger partial charge in [-0.3, -0.25) is 14.3 Å². The number of hydrogen-bond donors (Lipinski definition) is 1. The first-order valence-electron chi connectivity index (χ1n) is 11.0. The Morgan fingerprint density at radius 3 is 2.35 bits per heavy atom. The second-order valence-corrected chi connectivity index (χ2v) is 9.32. The summed E-state index contributed by atoms with van der Waals surface area (Å²) in [6, 6.07) is 20.5. The minimum Gasteiger partial charge on any atom is -0.352 e. The standard InChI is InChI=1S/C24H27N5OS/c30-23(25-19-13-14-19)22(18-9-3-1-4-10-18)31-24-27-26-21(17-28-15-7-8-16-28)29(24)20-11-5-2-6-12-20/h1-6,9-12,19,22H,7-8,13-17H2,(H,25,30)/t22-/m0/s1. The Morgan fingerprint density at radius 1 is 1.00 bits per heavy atom. The van der Waals surface area contributed by atoms with Crippen molar-refractivity contribution in [2.45, 2.75) is 48.7 Å². The molecule has 1 saturated carbocycles. The second kappa shape index (κ2) is 9.24. The summed E-state index contributed by atoms with van der Waals surface area (Å²) in [5, 5.41) is 12.7. The first-order valence-corrected chi connectivity index (χ1v) is 11.9. The largest absolute Gasteiger partial charge is 0.352 e. The van der Waals surface area contributed by atoms with Gasteiger partial charge >= 0.3 is 0 Å². The quantitative estimate of drug-likeness (QED) is 0.545. The van der Waals surface area contributed by atoms with Gasteiger partial charge in [0.2, 0.25) is 5.91 Å². The maximum absolute atomic E-state index is 13.1. The Hall–Kier alpha value is -2.64. The van der Waals surface area contributed by atoms with Gasteiger partial charge in [0.15, 0.2) is 11.0 Å². The van der Waals surface area contributed by atoms with E-state index in [0.717, 1.165) is 54.7 Å². The topological polar surface area (TPSA) is 63.1 Å². The predicted molar refractivity (Wildman–Crippen MR) is 122 cm³/mol. The monoisotopic (exact) mass is 433 g/mol. The number of thioether (sulfide) groups is 1. The van der Waals surface area contributed by atoms with Crippen LogP contribution in [0.2, 0.25) is 0 Å². The van der Waals surface area contributed by atoms with Crippen molar-refractivity contribution in [3.63, 3.8) is 0 Å². The SMILES string of the molecule is O=C(NC1CC1)[C@@H](Sc1nnc(CN2CCCC2)n1-c1ccccc1)c1ccccc1. The summed E-state index contributed by atoms with van der Waals surface area (Å²) >= 11 is 1.48. The molecule has 0 spiro atoms. The maximum Gasteiger partial charge on any atom is 0.238 e. The molecule has 1 N–H and O–H groups in total. The molecule has 3 aromatic rings. The molecule has 2 aromatic carbocycles. The van der Waals surface area contributed by atoms with Crippen LogP contribution < -0.4 is 5.32 Å². The van der Waals surface area contributed by atoms with Gasteiger partial charge in [-0.2, -0.15) is 0 Å². The summed E-state index contributed by atoms with van der Waals surface area (Å²) in [4.78, 5) is 15.6. The van der Waals surface area contributed by atoms with Crippen LogP contribution in [-0.4, -0.2) is 44.7 Å². The Bertz CT molecular complexity index is 1010. The molecule has 5 rings (SSSR count). The lowest BCUT2D eigenvalue weighted by Gasteiger charge is -2.19. The summed E-state index contributed by atoms with van der Waals surface area (Å²) in [5.41, 5.74) is 2.01. The van der Waals surface area contributed by atoms with Crippen LogP contribution in [0.3, 0.4) is 0 Å². The summed E-state index contributed by atoms with van der Waals surface area (Å²) in [7, 11) is 0. The van der Waals surface area contributed by atoms with Crippen LogP contribution in [0.25, 0.3) is 5.69 Å². The molecule has 160 valence electrons. The normalized spacial score (nSPS) is 17.5. The summed E-state index contributed by atoms with van der Waals surface area (Å²) in [6.45, 7) is 2.97. The Kier molecular flexibility index (Phi) is 6.04. The van der Waals surface area contributed by atoms with Crippen LogP contribution >= 0.6 is 11.8 Å². The molecule has 1 saturated heterocycles. The number of para-hydroxylation sites is 1. The van der Waals surface area contributed by atoms with E-state index >= 15 is 0 Å². The number of nitrogens with zero attached hydrogens (tertiary/aromatic N) is 4. The van der Waals surface area contributed by atoms with E-state index in [1.165, 1.54) is 24.6 Å². The molecule has 1 atom stereocenters. The van der Waals surface area contributed by atoms with Crippen molar-refractivity contribution in [2.75, 3.05) is 13.1 Å². The number of carbonyl (C=O) groups is 1. The third-order valence-corrected chi connectivity index (χ3v) is 6.96. The van der Waals surface area contributed by atoms with Gasteiger partial charge in [0.25, 0.3) is 0 Å². The minimum absolute atomic E-state index is 0.0439. The number of aromatic nitrogens is 3. The van der Waals surface area contributed by atoms with Crippen molar-refractivity contribution in [2.24, 2.45) is 0 Å². The van der Waals surface area contributed by atoms with E-state index in [4.69, 9.17) is 0 Å². The van der Waals surface area contributed by atoms with Crippen LogP contribution in [-0.2, 0) is 11.3 Å². The zero-order chi connectivity index (χ0) is 21.0. The number of rotatable bonds is 8. The Labute approximate surface area is 187 Å². The number of benzene rings is 2. The second-order valence-electron chi connectivity index (χ2n) is 8.24. The van der Waals surface area contributed by atoms with Gasteiger partial charge in [-0.25, -0.2) is 0 Å². The number of likely N-dealkylation sites (tertiary alicyclic amines) is 1. The average molecular weight is 434 g/mol. The van der Waals surface area contributed by atoms with E-state index in [-0.39, 0.29) is 11.2 Å². The lowest BCUT2D eigenvalue weighted by Crippen LogP contribution is -2.30.